The monoisotopic (exact) mass is 550 g/mol. The van der Waals surface area contributed by atoms with Crippen molar-refractivity contribution in [3.63, 3.8) is 0 Å². The molecular weight excluding hydrogens is 520 g/mol. The van der Waals surface area contributed by atoms with E-state index in [4.69, 9.17) is 21.4 Å². The Morgan fingerprint density at radius 3 is 2.45 bits per heavy atom. The van der Waals surface area contributed by atoms with E-state index in [9.17, 15) is 8.42 Å². The minimum absolute atomic E-state index is 0.121. The van der Waals surface area contributed by atoms with E-state index in [0.717, 1.165) is 32.7 Å². The van der Waals surface area contributed by atoms with Gasteiger partial charge in [0.25, 0.3) is 14.9 Å². The van der Waals surface area contributed by atoms with Gasteiger partial charge < -0.3 is 9.15 Å². The highest BCUT2D eigenvalue weighted by Gasteiger charge is 2.21. The summed E-state index contributed by atoms with van der Waals surface area (Å²) in [7, 11) is -2.36. The molecule has 0 amide bonds. The van der Waals surface area contributed by atoms with E-state index in [2.05, 4.69) is 38.8 Å². The van der Waals surface area contributed by atoms with Crippen LogP contribution in [0, 0.1) is 4.84 Å². The lowest BCUT2D eigenvalue weighted by atomic mass is 10.2. The van der Waals surface area contributed by atoms with Crippen molar-refractivity contribution >= 4 is 45.1 Å². The number of piperazine rings is 1. The molecular formula is C28H30N4O4S2. The molecule has 0 aliphatic carbocycles. The molecule has 1 aliphatic heterocycles. The lowest BCUT2D eigenvalue weighted by molar-refractivity contribution is 0.115. The van der Waals surface area contributed by atoms with Crippen LogP contribution in [-0.4, -0.2) is 62.6 Å². The van der Waals surface area contributed by atoms with Crippen LogP contribution in [0.15, 0.2) is 88.2 Å². The molecule has 1 aromatic heterocycles. The number of para-hydroxylation sites is 2. The zero-order valence-electron chi connectivity index (χ0n) is 21.1. The molecule has 3 aromatic carbocycles. The molecule has 198 valence electrons. The molecule has 4 aromatic rings. The Hall–Kier alpha value is -3.44. The molecule has 5 rings (SSSR count). The number of nitrogens with one attached hydrogen (secondary N) is 1. The van der Waals surface area contributed by atoms with Crippen LogP contribution in [0.2, 0.25) is 0 Å². The average Bonchev–Trinajstić information content (AvgIpc) is 3.24. The third-order valence-corrected chi connectivity index (χ3v) is 8.25. The Balaban J connectivity index is 1.27. The van der Waals surface area contributed by atoms with Gasteiger partial charge in [0.2, 0.25) is 0 Å². The molecule has 2 heterocycles. The maximum absolute atomic E-state index is 13.2. The molecule has 10 heteroatoms. The molecule has 8 nitrogen and oxygen atoms in total. The van der Waals surface area contributed by atoms with E-state index in [1.165, 1.54) is 18.7 Å². The average molecular weight is 551 g/mol. The topological polar surface area (TPSA) is 79.9 Å². The lowest BCUT2D eigenvalue weighted by Crippen LogP contribution is -2.46. The number of aromatic nitrogens is 1. The number of hydrogen-bond donors (Lipinski definition) is 1. The van der Waals surface area contributed by atoms with E-state index in [0.29, 0.717) is 34.0 Å². The summed E-state index contributed by atoms with van der Waals surface area (Å²) in [5, 5.41) is 0. The highest BCUT2D eigenvalue weighted by Crippen LogP contribution is 2.28. The summed E-state index contributed by atoms with van der Waals surface area (Å²) in [5.74, 6) is 0.443. The summed E-state index contributed by atoms with van der Waals surface area (Å²) < 4.78 is 41.9. The summed E-state index contributed by atoms with van der Waals surface area (Å²) in [6.07, 6.45) is 4.35. The molecule has 0 spiro atoms. The second-order valence-corrected chi connectivity index (χ2v) is 11.1. The predicted molar refractivity (Wildman–Crippen MR) is 152 cm³/mol. The first-order valence-corrected chi connectivity index (χ1v) is 14.3. The largest absolute Gasteiger partial charge is 0.495 e. The fourth-order valence-corrected chi connectivity index (χ4v) is 5.83. The second-order valence-electron chi connectivity index (χ2n) is 9.10. The molecule has 0 atom stereocenters. The van der Waals surface area contributed by atoms with Crippen LogP contribution in [0.25, 0.3) is 17.2 Å². The zero-order valence-corrected chi connectivity index (χ0v) is 22.7. The first kappa shape index (κ1) is 26.2. The molecule has 0 radical (unpaired) electrons. The Morgan fingerprint density at radius 2 is 1.68 bits per heavy atom. The van der Waals surface area contributed by atoms with E-state index < -0.39 is 10.0 Å². The Morgan fingerprint density at radius 1 is 0.974 bits per heavy atom. The van der Waals surface area contributed by atoms with Gasteiger partial charge in [-0.25, -0.2) is 8.42 Å². The molecule has 1 N–H and O–H groups in total. The number of sulfonamides is 1. The standard InChI is InChI=1S/C28H30N4O4S2/c1-35-26-12-6-5-11-24(26)29-38(33,34)23-13-14-27-25(20-23)32(28(37)36-27)21-31-18-16-30(17-19-31)15-7-10-22-8-3-2-4-9-22/h2-14,20,29H,15-19,21H2,1H3/b10-7+. The number of methoxy groups -OCH3 is 1. The van der Waals surface area contributed by atoms with Crippen LogP contribution < -0.4 is 9.46 Å². The molecule has 0 unspecified atom stereocenters. The van der Waals surface area contributed by atoms with Crippen molar-refractivity contribution in [2.75, 3.05) is 44.6 Å². The van der Waals surface area contributed by atoms with Gasteiger partial charge in [-0.15, -0.1) is 0 Å². The Kier molecular flexibility index (Phi) is 7.94. The SMILES string of the molecule is COc1ccccc1NS(=O)(=O)c1ccc2oc(=S)n(CN3CCN(C/C=C/c4ccccc4)CC3)c2c1. The summed E-state index contributed by atoms with van der Waals surface area (Å²) in [4.78, 5) is 5.16. The summed E-state index contributed by atoms with van der Waals surface area (Å²) >= 11 is 5.49. The minimum atomic E-state index is -3.86. The van der Waals surface area contributed by atoms with Crippen molar-refractivity contribution in [1.29, 1.82) is 0 Å². The number of hydrogen-bond acceptors (Lipinski definition) is 7. The molecule has 1 aliphatic rings. The number of oxazole rings is 1. The van der Waals surface area contributed by atoms with Gasteiger partial charge in [-0.3, -0.25) is 19.1 Å². The Bertz CT molecular complexity index is 1590. The van der Waals surface area contributed by atoms with Crippen molar-refractivity contribution in [2.24, 2.45) is 0 Å². The fraction of sp³-hybridized carbons (Fsp3) is 0.250. The van der Waals surface area contributed by atoms with Crippen molar-refractivity contribution in [1.82, 2.24) is 14.4 Å². The first-order chi connectivity index (χ1) is 18.4. The zero-order chi connectivity index (χ0) is 26.5. The fourth-order valence-electron chi connectivity index (χ4n) is 4.49. The predicted octanol–water partition coefficient (Wildman–Crippen LogP) is 5.06. The number of ether oxygens (including phenoxy) is 1. The normalized spacial score (nSPS) is 15.3. The van der Waals surface area contributed by atoms with Crippen LogP contribution >= 0.6 is 12.2 Å². The van der Waals surface area contributed by atoms with Crippen molar-refractivity contribution in [3.05, 3.63) is 89.3 Å². The lowest BCUT2D eigenvalue weighted by Gasteiger charge is -2.34. The van der Waals surface area contributed by atoms with Crippen LogP contribution in [0.5, 0.6) is 5.75 Å². The molecule has 1 saturated heterocycles. The maximum Gasteiger partial charge on any atom is 0.270 e. The van der Waals surface area contributed by atoms with Gasteiger partial charge in [0.1, 0.15) is 5.75 Å². The van der Waals surface area contributed by atoms with Gasteiger partial charge in [-0.2, -0.15) is 0 Å². The Labute approximate surface area is 227 Å². The maximum atomic E-state index is 13.2. The van der Waals surface area contributed by atoms with Crippen LogP contribution in [0.3, 0.4) is 0 Å². The van der Waals surface area contributed by atoms with Gasteiger partial charge in [0.05, 0.1) is 29.9 Å². The number of rotatable bonds is 9. The van der Waals surface area contributed by atoms with Crippen LogP contribution in [0.1, 0.15) is 5.56 Å². The molecule has 0 saturated carbocycles. The highest BCUT2D eigenvalue weighted by atomic mass is 32.2. The minimum Gasteiger partial charge on any atom is -0.495 e. The number of benzene rings is 3. The van der Waals surface area contributed by atoms with E-state index >= 15 is 0 Å². The smallest absolute Gasteiger partial charge is 0.270 e. The third-order valence-electron chi connectivity index (χ3n) is 6.58. The van der Waals surface area contributed by atoms with Crippen LogP contribution in [-0.2, 0) is 16.7 Å². The van der Waals surface area contributed by atoms with Crippen LogP contribution in [0.4, 0.5) is 5.69 Å². The van der Waals surface area contributed by atoms with Crippen molar-refractivity contribution in [3.8, 4) is 5.75 Å². The van der Waals surface area contributed by atoms with Gasteiger partial charge in [0.15, 0.2) is 5.58 Å². The third kappa shape index (κ3) is 5.99. The summed E-state index contributed by atoms with van der Waals surface area (Å²) in [6, 6.07) is 22.0. The quantitative estimate of drug-likeness (QED) is 0.292. The number of fused-ring (bicyclic) bond motifs is 1. The molecule has 0 bridgehead atoms. The van der Waals surface area contributed by atoms with Gasteiger partial charge in [0, 0.05) is 32.7 Å². The van der Waals surface area contributed by atoms with Crippen molar-refractivity contribution < 1.29 is 17.6 Å². The molecule has 1 fully saturated rings. The summed E-state index contributed by atoms with van der Waals surface area (Å²) in [5.41, 5.74) is 2.77. The molecule has 38 heavy (non-hydrogen) atoms. The van der Waals surface area contributed by atoms with Gasteiger partial charge in [-0.1, -0.05) is 54.6 Å². The van der Waals surface area contributed by atoms with E-state index in [1.54, 1.807) is 36.4 Å². The number of nitrogens with zero attached hydrogens (tertiary/aromatic N) is 3. The number of anilines is 1. The first-order valence-electron chi connectivity index (χ1n) is 12.4. The second kappa shape index (κ2) is 11.5. The van der Waals surface area contributed by atoms with E-state index in [1.807, 2.05) is 22.8 Å². The van der Waals surface area contributed by atoms with Gasteiger partial charge in [-0.05, 0) is 48.1 Å². The van der Waals surface area contributed by atoms with Crippen molar-refractivity contribution in [2.45, 2.75) is 11.6 Å². The summed E-state index contributed by atoms with van der Waals surface area (Å²) in [6.45, 7) is 5.05. The van der Waals surface area contributed by atoms with Gasteiger partial charge >= 0.3 is 0 Å². The highest BCUT2D eigenvalue weighted by molar-refractivity contribution is 7.92. The van der Waals surface area contributed by atoms with E-state index in [-0.39, 0.29) is 4.90 Å².